The van der Waals surface area contributed by atoms with Crippen LogP contribution in [-0.2, 0) is 11.3 Å². The number of rotatable bonds is 4. The Morgan fingerprint density at radius 1 is 1.14 bits per heavy atom. The predicted molar refractivity (Wildman–Crippen MR) is 83.1 cm³/mol. The molecule has 4 nitrogen and oxygen atoms in total. The first-order valence-corrected chi connectivity index (χ1v) is 8.03. The van der Waals surface area contributed by atoms with Crippen LogP contribution in [0.5, 0.6) is 0 Å². The standard InChI is InChI=1S/C17H24N2O2/c20-16-9-5-14(6-10-16)18-12-13-3-7-15(8-4-13)19-11-1-2-17(19)21/h3-4,7-8,14,16,18,20H,1-2,5-6,9-12H2. The highest BCUT2D eigenvalue weighted by Gasteiger charge is 2.21. The molecule has 2 fully saturated rings. The molecule has 1 aromatic carbocycles. The number of benzene rings is 1. The van der Waals surface area contributed by atoms with Gasteiger partial charge in [-0.1, -0.05) is 12.1 Å². The van der Waals surface area contributed by atoms with E-state index in [0.717, 1.165) is 50.9 Å². The van der Waals surface area contributed by atoms with Crippen molar-refractivity contribution in [3.8, 4) is 0 Å². The quantitative estimate of drug-likeness (QED) is 0.893. The highest BCUT2D eigenvalue weighted by molar-refractivity contribution is 5.95. The Balaban J connectivity index is 1.51. The second kappa shape index (κ2) is 6.58. The topological polar surface area (TPSA) is 52.6 Å². The van der Waals surface area contributed by atoms with E-state index in [1.54, 1.807) is 0 Å². The van der Waals surface area contributed by atoms with Gasteiger partial charge in [0.1, 0.15) is 0 Å². The van der Waals surface area contributed by atoms with Crippen LogP contribution in [0.4, 0.5) is 5.69 Å². The maximum absolute atomic E-state index is 11.7. The lowest BCUT2D eigenvalue weighted by Crippen LogP contribution is -2.34. The van der Waals surface area contributed by atoms with Crippen molar-refractivity contribution in [2.75, 3.05) is 11.4 Å². The molecular formula is C17H24N2O2. The number of amides is 1. The van der Waals surface area contributed by atoms with Crippen molar-refractivity contribution in [1.29, 1.82) is 0 Å². The number of anilines is 1. The van der Waals surface area contributed by atoms with Crippen LogP contribution in [0, 0.1) is 0 Å². The summed E-state index contributed by atoms with van der Waals surface area (Å²) in [4.78, 5) is 13.6. The fraction of sp³-hybridized carbons (Fsp3) is 0.588. The molecule has 0 aromatic heterocycles. The van der Waals surface area contributed by atoms with E-state index >= 15 is 0 Å². The number of hydrogen-bond acceptors (Lipinski definition) is 3. The Bertz CT molecular complexity index is 478. The van der Waals surface area contributed by atoms with Gasteiger partial charge in [0.25, 0.3) is 0 Å². The van der Waals surface area contributed by atoms with Gasteiger partial charge in [0.2, 0.25) is 5.91 Å². The summed E-state index contributed by atoms with van der Waals surface area (Å²) in [6.07, 6.45) is 5.48. The fourth-order valence-corrected chi connectivity index (χ4v) is 3.26. The van der Waals surface area contributed by atoms with E-state index in [0.29, 0.717) is 12.5 Å². The molecule has 0 unspecified atom stereocenters. The third kappa shape index (κ3) is 3.63. The second-order valence-electron chi connectivity index (χ2n) is 6.20. The van der Waals surface area contributed by atoms with Gasteiger partial charge < -0.3 is 15.3 Å². The summed E-state index contributed by atoms with van der Waals surface area (Å²) < 4.78 is 0. The van der Waals surface area contributed by atoms with Crippen molar-refractivity contribution in [2.45, 2.75) is 57.2 Å². The Hall–Kier alpha value is -1.39. The molecule has 2 N–H and O–H groups in total. The fourth-order valence-electron chi connectivity index (χ4n) is 3.26. The van der Waals surface area contributed by atoms with Crippen LogP contribution in [-0.4, -0.2) is 29.7 Å². The van der Waals surface area contributed by atoms with Gasteiger partial charge >= 0.3 is 0 Å². The number of carbonyl (C=O) groups excluding carboxylic acids is 1. The van der Waals surface area contributed by atoms with Crippen LogP contribution in [0.15, 0.2) is 24.3 Å². The van der Waals surface area contributed by atoms with E-state index in [9.17, 15) is 9.90 Å². The summed E-state index contributed by atoms with van der Waals surface area (Å²) >= 11 is 0. The molecule has 1 saturated heterocycles. The molecule has 4 heteroatoms. The maximum atomic E-state index is 11.7. The largest absolute Gasteiger partial charge is 0.393 e. The van der Waals surface area contributed by atoms with Crippen molar-refractivity contribution >= 4 is 11.6 Å². The number of carbonyl (C=O) groups is 1. The van der Waals surface area contributed by atoms with E-state index in [-0.39, 0.29) is 12.0 Å². The summed E-state index contributed by atoms with van der Waals surface area (Å²) in [5.74, 6) is 0.238. The van der Waals surface area contributed by atoms with Gasteiger partial charge in [-0.3, -0.25) is 4.79 Å². The van der Waals surface area contributed by atoms with Crippen molar-refractivity contribution in [1.82, 2.24) is 5.32 Å². The van der Waals surface area contributed by atoms with Crippen molar-refractivity contribution in [3.63, 3.8) is 0 Å². The van der Waals surface area contributed by atoms with Crippen LogP contribution >= 0.6 is 0 Å². The van der Waals surface area contributed by atoms with E-state index < -0.39 is 0 Å². The molecular weight excluding hydrogens is 264 g/mol. The molecule has 0 atom stereocenters. The molecule has 0 bridgehead atoms. The highest BCUT2D eigenvalue weighted by atomic mass is 16.3. The highest BCUT2D eigenvalue weighted by Crippen LogP contribution is 2.22. The van der Waals surface area contributed by atoms with Crippen molar-refractivity contribution in [2.24, 2.45) is 0 Å². The predicted octanol–water partition coefficient (Wildman–Crippen LogP) is 2.21. The van der Waals surface area contributed by atoms with Gasteiger partial charge in [-0.05, 0) is 49.8 Å². The molecule has 0 radical (unpaired) electrons. The van der Waals surface area contributed by atoms with Crippen LogP contribution in [0.2, 0.25) is 0 Å². The van der Waals surface area contributed by atoms with E-state index in [1.807, 2.05) is 17.0 Å². The Kier molecular flexibility index (Phi) is 4.56. The van der Waals surface area contributed by atoms with Gasteiger partial charge in [0, 0.05) is 31.2 Å². The minimum Gasteiger partial charge on any atom is -0.393 e. The van der Waals surface area contributed by atoms with Crippen molar-refractivity contribution < 1.29 is 9.90 Å². The smallest absolute Gasteiger partial charge is 0.227 e. The Morgan fingerprint density at radius 2 is 1.86 bits per heavy atom. The molecule has 1 saturated carbocycles. The minimum atomic E-state index is -0.0969. The summed E-state index contributed by atoms with van der Waals surface area (Å²) in [7, 11) is 0. The normalized spacial score (nSPS) is 26.3. The van der Waals surface area contributed by atoms with Gasteiger partial charge in [-0.25, -0.2) is 0 Å². The number of aliphatic hydroxyl groups is 1. The molecule has 2 aliphatic rings. The zero-order chi connectivity index (χ0) is 14.7. The van der Waals surface area contributed by atoms with Crippen LogP contribution in [0.3, 0.4) is 0 Å². The molecule has 1 heterocycles. The number of nitrogens with one attached hydrogen (secondary N) is 1. The summed E-state index contributed by atoms with van der Waals surface area (Å²) in [6, 6.07) is 8.82. The first-order valence-electron chi connectivity index (χ1n) is 8.03. The third-order valence-electron chi connectivity index (χ3n) is 4.61. The SMILES string of the molecule is O=C1CCCN1c1ccc(CNC2CCC(O)CC2)cc1. The number of aliphatic hydroxyl groups excluding tert-OH is 1. The average Bonchev–Trinajstić information content (AvgIpc) is 2.93. The molecule has 0 spiro atoms. The maximum Gasteiger partial charge on any atom is 0.227 e. The first kappa shape index (κ1) is 14.5. The number of nitrogens with zero attached hydrogens (tertiary/aromatic N) is 1. The Morgan fingerprint density at radius 3 is 2.48 bits per heavy atom. The minimum absolute atomic E-state index is 0.0969. The molecule has 1 aliphatic heterocycles. The monoisotopic (exact) mass is 288 g/mol. The lowest BCUT2D eigenvalue weighted by Gasteiger charge is -2.26. The van der Waals surface area contributed by atoms with E-state index in [2.05, 4.69) is 17.4 Å². The van der Waals surface area contributed by atoms with E-state index in [4.69, 9.17) is 0 Å². The zero-order valence-corrected chi connectivity index (χ0v) is 12.4. The number of hydrogen-bond donors (Lipinski definition) is 2. The summed E-state index contributed by atoms with van der Waals surface area (Å²) in [6.45, 7) is 1.70. The molecule has 1 aromatic rings. The molecule has 3 rings (SSSR count). The summed E-state index contributed by atoms with van der Waals surface area (Å²) in [5, 5.41) is 13.1. The van der Waals surface area contributed by atoms with Crippen molar-refractivity contribution in [3.05, 3.63) is 29.8 Å². The molecule has 1 aliphatic carbocycles. The molecule has 1 amide bonds. The Labute approximate surface area is 126 Å². The summed E-state index contributed by atoms with van der Waals surface area (Å²) in [5.41, 5.74) is 2.26. The second-order valence-corrected chi connectivity index (χ2v) is 6.20. The molecule has 114 valence electrons. The van der Waals surface area contributed by atoms with E-state index in [1.165, 1.54) is 5.56 Å². The lowest BCUT2D eigenvalue weighted by atomic mass is 9.93. The van der Waals surface area contributed by atoms with Gasteiger partial charge in [-0.2, -0.15) is 0 Å². The van der Waals surface area contributed by atoms with Crippen LogP contribution in [0.25, 0.3) is 0 Å². The lowest BCUT2D eigenvalue weighted by molar-refractivity contribution is -0.117. The average molecular weight is 288 g/mol. The first-order chi connectivity index (χ1) is 10.2. The third-order valence-corrected chi connectivity index (χ3v) is 4.61. The van der Waals surface area contributed by atoms with Gasteiger partial charge in [0.15, 0.2) is 0 Å². The zero-order valence-electron chi connectivity index (χ0n) is 12.4. The van der Waals surface area contributed by atoms with Gasteiger partial charge in [-0.15, -0.1) is 0 Å². The molecule has 21 heavy (non-hydrogen) atoms. The van der Waals surface area contributed by atoms with Gasteiger partial charge in [0.05, 0.1) is 6.10 Å². The van der Waals surface area contributed by atoms with Crippen LogP contribution < -0.4 is 10.2 Å². The van der Waals surface area contributed by atoms with Crippen LogP contribution in [0.1, 0.15) is 44.1 Å².